The van der Waals surface area contributed by atoms with E-state index in [0.29, 0.717) is 27.3 Å². The lowest BCUT2D eigenvalue weighted by molar-refractivity contribution is -0.305. The third-order valence-electron chi connectivity index (χ3n) is 3.65. The largest absolute Gasteiger partial charge is 0.550 e. The number of carbonyl (C=O) groups is 2. The molecule has 140 valence electrons. The molecule has 1 saturated heterocycles. The molecule has 1 heterocycles. The Labute approximate surface area is 162 Å². The second kappa shape index (κ2) is 9.59. The van der Waals surface area contributed by atoms with Gasteiger partial charge in [0.1, 0.15) is 4.32 Å². The molecule has 1 aliphatic heterocycles. The number of carboxylic acid groups (broad SMARTS) is 1. The van der Waals surface area contributed by atoms with Crippen LogP contribution in [0.25, 0.3) is 6.08 Å². The number of benzene rings is 1. The molecule has 0 bridgehead atoms. The number of thioether (sulfide) groups is 1. The molecule has 1 aromatic carbocycles. The topological polar surface area (TPSA) is 78.9 Å². The van der Waals surface area contributed by atoms with E-state index in [2.05, 4.69) is 6.92 Å². The van der Waals surface area contributed by atoms with Crippen molar-refractivity contribution in [3.8, 4) is 11.5 Å². The molecule has 1 amide bonds. The predicted molar refractivity (Wildman–Crippen MR) is 103 cm³/mol. The fraction of sp³-hybridized carbons (Fsp3) is 0.389. The van der Waals surface area contributed by atoms with Gasteiger partial charge in [0.15, 0.2) is 11.5 Å². The van der Waals surface area contributed by atoms with Crippen LogP contribution in [0.2, 0.25) is 0 Å². The maximum Gasteiger partial charge on any atom is 0.266 e. The maximum absolute atomic E-state index is 12.4. The number of unbranched alkanes of at least 4 members (excludes halogenated alkanes) is 1. The van der Waals surface area contributed by atoms with Gasteiger partial charge in [-0.25, -0.2) is 0 Å². The van der Waals surface area contributed by atoms with Crippen molar-refractivity contribution in [3.63, 3.8) is 0 Å². The summed E-state index contributed by atoms with van der Waals surface area (Å²) in [6, 6.07) is 5.42. The monoisotopic (exact) mass is 394 g/mol. The Balaban J connectivity index is 2.14. The average Bonchev–Trinajstić information content (AvgIpc) is 2.87. The molecule has 1 aromatic rings. The minimum Gasteiger partial charge on any atom is -0.550 e. The summed E-state index contributed by atoms with van der Waals surface area (Å²) in [6.45, 7) is 2.72. The second-order valence-corrected chi connectivity index (χ2v) is 7.24. The molecule has 26 heavy (non-hydrogen) atoms. The number of rotatable bonds is 9. The summed E-state index contributed by atoms with van der Waals surface area (Å²) in [7, 11) is 1.56. The normalized spacial score (nSPS) is 15.6. The first-order valence-corrected chi connectivity index (χ1v) is 9.44. The summed E-state index contributed by atoms with van der Waals surface area (Å²) in [5.74, 6) is -0.281. The van der Waals surface area contributed by atoms with Crippen LogP contribution in [0.4, 0.5) is 0 Å². The van der Waals surface area contributed by atoms with Gasteiger partial charge in [-0.3, -0.25) is 9.69 Å². The first-order chi connectivity index (χ1) is 12.5. The third-order valence-corrected chi connectivity index (χ3v) is 5.03. The van der Waals surface area contributed by atoms with Crippen molar-refractivity contribution in [3.05, 3.63) is 28.7 Å². The molecule has 0 N–H and O–H groups in total. The number of ether oxygens (including phenoxy) is 2. The number of methoxy groups -OCH3 is 1. The smallest absolute Gasteiger partial charge is 0.266 e. The molecule has 0 aliphatic carbocycles. The van der Waals surface area contributed by atoms with Crippen LogP contribution in [-0.2, 0) is 9.59 Å². The van der Waals surface area contributed by atoms with E-state index in [1.165, 1.54) is 4.90 Å². The van der Waals surface area contributed by atoms with Gasteiger partial charge in [0.2, 0.25) is 0 Å². The lowest BCUT2D eigenvalue weighted by Gasteiger charge is -2.14. The van der Waals surface area contributed by atoms with E-state index in [1.54, 1.807) is 25.3 Å². The minimum atomic E-state index is -1.22. The van der Waals surface area contributed by atoms with Crippen LogP contribution in [0.15, 0.2) is 23.1 Å². The Morgan fingerprint density at radius 1 is 1.38 bits per heavy atom. The highest BCUT2D eigenvalue weighted by Gasteiger charge is 2.31. The summed E-state index contributed by atoms with van der Waals surface area (Å²) in [6.07, 6.45) is 3.45. The van der Waals surface area contributed by atoms with E-state index >= 15 is 0 Å². The van der Waals surface area contributed by atoms with Gasteiger partial charge in [0.25, 0.3) is 5.91 Å². The molecule has 6 nitrogen and oxygen atoms in total. The number of carbonyl (C=O) groups excluding carboxylic acids is 2. The van der Waals surface area contributed by atoms with Gasteiger partial charge in [-0.05, 0) is 30.2 Å². The van der Waals surface area contributed by atoms with E-state index < -0.39 is 5.97 Å². The van der Waals surface area contributed by atoms with Gasteiger partial charge >= 0.3 is 0 Å². The number of carboxylic acids is 1. The molecule has 0 radical (unpaired) electrons. The summed E-state index contributed by atoms with van der Waals surface area (Å²) in [4.78, 5) is 24.7. The van der Waals surface area contributed by atoms with Gasteiger partial charge in [-0.1, -0.05) is 43.4 Å². The molecule has 2 rings (SSSR count). The van der Waals surface area contributed by atoms with Crippen molar-refractivity contribution in [2.45, 2.75) is 26.2 Å². The zero-order valence-electron chi connectivity index (χ0n) is 14.6. The fourth-order valence-electron chi connectivity index (χ4n) is 2.27. The molecular weight excluding hydrogens is 374 g/mol. The van der Waals surface area contributed by atoms with Crippen molar-refractivity contribution in [2.24, 2.45) is 0 Å². The molecule has 0 spiro atoms. The van der Waals surface area contributed by atoms with Gasteiger partial charge < -0.3 is 19.4 Å². The van der Waals surface area contributed by atoms with E-state index in [9.17, 15) is 14.7 Å². The Bertz CT molecular complexity index is 732. The van der Waals surface area contributed by atoms with Crippen LogP contribution in [0.3, 0.4) is 0 Å². The minimum absolute atomic E-state index is 0.0118. The highest BCUT2D eigenvalue weighted by molar-refractivity contribution is 8.26. The van der Waals surface area contributed by atoms with Gasteiger partial charge in [-0.15, -0.1) is 0 Å². The number of amides is 1. The molecule has 0 unspecified atom stereocenters. The summed E-state index contributed by atoms with van der Waals surface area (Å²) in [5, 5.41) is 10.6. The maximum atomic E-state index is 12.4. The second-order valence-electron chi connectivity index (χ2n) is 5.57. The highest BCUT2D eigenvalue weighted by atomic mass is 32.2. The Morgan fingerprint density at radius 3 is 2.81 bits per heavy atom. The highest BCUT2D eigenvalue weighted by Crippen LogP contribution is 2.34. The molecular formula is C18H20NO5S2-. The van der Waals surface area contributed by atoms with Crippen LogP contribution < -0.4 is 14.6 Å². The number of aliphatic carboxylic acids is 1. The zero-order chi connectivity index (χ0) is 19.1. The summed E-state index contributed by atoms with van der Waals surface area (Å²) in [5.41, 5.74) is 0.769. The number of thiocarbonyl (C=S) groups is 1. The number of hydrogen-bond donors (Lipinski definition) is 0. The number of hydrogen-bond acceptors (Lipinski definition) is 7. The molecule has 0 atom stereocenters. The van der Waals surface area contributed by atoms with E-state index in [4.69, 9.17) is 21.7 Å². The van der Waals surface area contributed by atoms with Gasteiger partial charge in [0, 0.05) is 18.9 Å². The van der Waals surface area contributed by atoms with Crippen LogP contribution >= 0.6 is 24.0 Å². The fourth-order valence-corrected chi connectivity index (χ4v) is 3.58. The van der Waals surface area contributed by atoms with Crippen molar-refractivity contribution >= 4 is 46.3 Å². The molecule has 1 fully saturated rings. The first kappa shape index (κ1) is 20.3. The van der Waals surface area contributed by atoms with E-state index in [0.717, 1.165) is 30.2 Å². The first-order valence-electron chi connectivity index (χ1n) is 8.22. The van der Waals surface area contributed by atoms with Crippen LogP contribution in [0.1, 0.15) is 31.7 Å². The molecule has 0 saturated carbocycles. The lowest BCUT2D eigenvalue weighted by atomic mass is 10.2. The standard InChI is InChI=1S/C18H21NO5S2/c1-3-4-9-24-13-6-5-12(10-14(13)23-2)11-15-17(22)19(18(25)26-15)8-7-16(20)21/h5-6,10-11H,3-4,7-9H2,1-2H3,(H,20,21)/p-1/b15-11-. The SMILES string of the molecule is CCCCOc1ccc(/C=C2\SC(=S)N(CCC(=O)[O-])C2=O)cc1OC. The van der Waals surface area contributed by atoms with Crippen LogP contribution in [-0.4, -0.2) is 41.4 Å². The van der Waals surface area contributed by atoms with E-state index in [-0.39, 0.29) is 18.9 Å². The molecule has 8 heteroatoms. The molecule has 0 aromatic heterocycles. The quantitative estimate of drug-likeness (QED) is 0.361. The van der Waals surface area contributed by atoms with Crippen molar-refractivity contribution in [1.29, 1.82) is 0 Å². The Hall–Kier alpha value is -2.06. The predicted octanol–water partition coefficient (Wildman–Crippen LogP) is 2.22. The Morgan fingerprint density at radius 2 is 2.15 bits per heavy atom. The van der Waals surface area contributed by atoms with Gasteiger partial charge in [0.05, 0.1) is 18.6 Å². The summed E-state index contributed by atoms with van der Waals surface area (Å²) >= 11 is 6.31. The average molecular weight is 394 g/mol. The summed E-state index contributed by atoms with van der Waals surface area (Å²) < 4.78 is 11.4. The van der Waals surface area contributed by atoms with Crippen LogP contribution in [0, 0.1) is 0 Å². The lowest BCUT2D eigenvalue weighted by Crippen LogP contribution is -2.33. The third kappa shape index (κ3) is 5.22. The number of nitrogens with zero attached hydrogens (tertiary/aromatic N) is 1. The zero-order valence-corrected chi connectivity index (χ0v) is 16.3. The van der Waals surface area contributed by atoms with Crippen molar-refractivity contribution in [2.75, 3.05) is 20.3 Å². The van der Waals surface area contributed by atoms with Crippen LogP contribution in [0.5, 0.6) is 11.5 Å². The molecule has 1 aliphatic rings. The van der Waals surface area contributed by atoms with Crippen molar-refractivity contribution < 1.29 is 24.2 Å². The Kier molecular flexibility index (Phi) is 7.47. The van der Waals surface area contributed by atoms with Crippen molar-refractivity contribution in [1.82, 2.24) is 4.90 Å². The van der Waals surface area contributed by atoms with E-state index in [1.807, 2.05) is 6.07 Å². The van der Waals surface area contributed by atoms with Gasteiger partial charge in [-0.2, -0.15) is 0 Å².